The van der Waals surface area contributed by atoms with E-state index >= 15 is 0 Å². The topological polar surface area (TPSA) is 83.8 Å². The Hall–Kier alpha value is -2.70. The van der Waals surface area contributed by atoms with Gasteiger partial charge >= 0.3 is 0 Å². The van der Waals surface area contributed by atoms with Gasteiger partial charge in [0.25, 0.3) is 5.91 Å². The zero-order valence-corrected chi connectivity index (χ0v) is 15.5. The summed E-state index contributed by atoms with van der Waals surface area (Å²) >= 11 is 0. The summed E-state index contributed by atoms with van der Waals surface area (Å²) in [6, 6.07) is 4.52. The van der Waals surface area contributed by atoms with Crippen LogP contribution in [0, 0.1) is 24.6 Å². The third-order valence-corrected chi connectivity index (χ3v) is 5.59. The van der Waals surface area contributed by atoms with Crippen molar-refractivity contribution in [2.24, 2.45) is 11.8 Å². The van der Waals surface area contributed by atoms with Crippen molar-refractivity contribution in [1.29, 1.82) is 0 Å². The molecule has 1 amide bonds. The van der Waals surface area contributed by atoms with Gasteiger partial charge in [0.15, 0.2) is 5.82 Å². The summed E-state index contributed by atoms with van der Waals surface area (Å²) in [4.78, 5) is 20.5. The van der Waals surface area contributed by atoms with Crippen LogP contribution in [0.2, 0.25) is 0 Å². The normalized spacial score (nSPS) is 21.3. The van der Waals surface area contributed by atoms with Gasteiger partial charge in [0.1, 0.15) is 23.2 Å². The molecule has 4 rings (SSSR count). The summed E-state index contributed by atoms with van der Waals surface area (Å²) in [7, 11) is 0. The number of carbonyl (C=O) groups excluding carboxylic acids is 1. The highest BCUT2D eigenvalue weighted by Crippen LogP contribution is 2.37. The molecule has 0 bridgehead atoms. The number of nitrogens with zero attached hydrogens (tertiary/aromatic N) is 2. The van der Waals surface area contributed by atoms with Crippen LogP contribution >= 0.6 is 0 Å². The molecule has 7 heteroatoms. The zero-order valence-electron chi connectivity index (χ0n) is 15.5. The summed E-state index contributed by atoms with van der Waals surface area (Å²) in [6.45, 7) is 3.98. The van der Waals surface area contributed by atoms with Crippen LogP contribution in [0.3, 0.4) is 0 Å². The van der Waals surface area contributed by atoms with Gasteiger partial charge in [-0.3, -0.25) is 4.79 Å². The Morgan fingerprint density at radius 3 is 2.78 bits per heavy atom. The van der Waals surface area contributed by atoms with Gasteiger partial charge in [-0.2, -0.15) is 0 Å². The molecule has 2 heterocycles. The number of rotatable bonds is 4. The van der Waals surface area contributed by atoms with Crippen LogP contribution in [0.5, 0.6) is 0 Å². The van der Waals surface area contributed by atoms with Crippen LogP contribution in [0.15, 0.2) is 29.0 Å². The van der Waals surface area contributed by atoms with E-state index in [-0.39, 0.29) is 23.7 Å². The van der Waals surface area contributed by atoms with Gasteiger partial charge in [-0.25, -0.2) is 9.37 Å². The number of hydrogen-bond acceptors (Lipinski definition) is 4. The molecular formula is C20H23FN4O2. The average molecular weight is 370 g/mol. The van der Waals surface area contributed by atoms with E-state index in [0.29, 0.717) is 34.0 Å². The molecule has 1 aliphatic carbocycles. The van der Waals surface area contributed by atoms with Crippen molar-refractivity contribution in [3.05, 3.63) is 47.4 Å². The van der Waals surface area contributed by atoms with Gasteiger partial charge in [-0.05, 0) is 43.7 Å². The average Bonchev–Trinajstić information content (AvgIpc) is 3.27. The van der Waals surface area contributed by atoms with Gasteiger partial charge in [0.2, 0.25) is 0 Å². The maximum atomic E-state index is 14.1. The maximum Gasteiger partial charge on any atom is 0.257 e. The first-order chi connectivity index (χ1) is 13.0. The van der Waals surface area contributed by atoms with Gasteiger partial charge < -0.3 is 14.8 Å². The molecule has 0 spiro atoms. The van der Waals surface area contributed by atoms with Crippen molar-refractivity contribution in [3.8, 4) is 0 Å². The van der Waals surface area contributed by atoms with E-state index in [4.69, 9.17) is 4.52 Å². The number of benzene rings is 1. The number of aromatic nitrogens is 3. The van der Waals surface area contributed by atoms with E-state index in [1.807, 2.05) is 0 Å². The molecule has 1 unspecified atom stereocenters. The first kappa shape index (κ1) is 17.7. The van der Waals surface area contributed by atoms with Crippen LogP contribution in [0.25, 0.3) is 11.0 Å². The van der Waals surface area contributed by atoms with E-state index in [0.717, 1.165) is 25.7 Å². The predicted octanol–water partition coefficient (Wildman–Crippen LogP) is 4.30. The summed E-state index contributed by atoms with van der Waals surface area (Å²) in [5, 5.41) is 6.86. The molecule has 27 heavy (non-hydrogen) atoms. The summed E-state index contributed by atoms with van der Waals surface area (Å²) in [5.41, 5.74) is 1.89. The molecule has 3 aromatic rings. The lowest BCUT2D eigenvalue weighted by Gasteiger charge is -2.32. The Morgan fingerprint density at radius 1 is 1.33 bits per heavy atom. The fourth-order valence-corrected chi connectivity index (χ4v) is 3.92. The Balaban J connectivity index is 1.67. The van der Waals surface area contributed by atoms with E-state index in [2.05, 4.69) is 27.4 Å². The number of carbonyl (C=O) groups is 1. The van der Waals surface area contributed by atoms with Gasteiger partial charge in [0.05, 0.1) is 17.3 Å². The highest BCUT2D eigenvalue weighted by atomic mass is 19.1. The number of nitrogens with one attached hydrogen (secondary N) is 2. The first-order valence-corrected chi connectivity index (χ1v) is 9.39. The quantitative estimate of drug-likeness (QED) is 0.717. The summed E-state index contributed by atoms with van der Waals surface area (Å²) in [5.74, 6) is 0.905. The number of aryl methyl sites for hydroxylation is 1. The fourth-order valence-electron chi connectivity index (χ4n) is 3.92. The third-order valence-electron chi connectivity index (χ3n) is 5.59. The van der Waals surface area contributed by atoms with Gasteiger partial charge in [-0.1, -0.05) is 31.0 Å². The number of amides is 1. The summed E-state index contributed by atoms with van der Waals surface area (Å²) in [6.07, 6.45) is 5.56. The number of fused-ring (bicyclic) bond motifs is 1. The van der Waals surface area contributed by atoms with Crippen molar-refractivity contribution < 1.29 is 13.7 Å². The maximum absolute atomic E-state index is 14.1. The van der Waals surface area contributed by atoms with Crippen molar-refractivity contribution in [1.82, 2.24) is 20.4 Å². The Morgan fingerprint density at radius 2 is 2.11 bits per heavy atom. The van der Waals surface area contributed by atoms with Crippen LogP contribution in [0.1, 0.15) is 60.5 Å². The zero-order chi connectivity index (χ0) is 19.0. The molecule has 0 saturated heterocycles. The number of hydrogen-bond donors (Lipinski definition) is 2. The molecule has 1 atom stereocenters. The molecule has 1 saturated carbocycles. The minimum atomic E-state index is -0.368. The number of imidazole rings is 1. The molecule has 2 N–H and O–H groups in total. The molecule has 0 aliphatic heterocycles. The first-order valence-electron chi connectivity index (χ1n) is 9.39. The van der Waals surface area contributed by atoms with Crippen LogP contribution in [0.4, 0.5) is 4.39 Å². The Kier molecular flexibility index (Phi) is 4.68. The Labute approximate surface area is 156 Å². The molecule has 1 fully saturated rings. The minimum absolute atomic E-state index is 0.244. The van der Waals surface area contributed by atoms with E-state index in [9.17, 15) is 9.18 Å². The predicted molar refractivity (Wildman–Crippen MR) is 98.6 cm³/mol. The van der Waals surface area contributed by atoms with Gasteiger partial charge in [-0.15, -0.1) is 0 Å². The number of aromatic amines is 1. The fraction of sp³-hybridized carbons (Fsp3) is 0.450. The monoisotopic (exact) mass is 370 g/mol. The Bertz CT molecular complexity index is 956. The molecule has 1 aromatic carbocycles. The smallest absolute Gasteiger partial charge is 0.257 e. The van der Waals surface area contributed by atoms with Crippen molar-refractivity contribution in [3.63, 3.8) is 0 Å². The number of halogens is 1. The molecular weight excluding hydrogens is 347 g/mol. The molecule has 6 nitrogen and oxygen atoms in total. The van der Waals surface area contributed by atoms with Crippen molar-refractivity contribution in [2.75, 3.05) is 0 Å². The number of H-pyrrole nitrogens is 1. The van der Waals surface area contributed by atoms with E-state index in [1.54, 1.807) is 19.1 Å². The highest BCUT2D eigenvalue weighted by molar-refractivity contribution is 5.95. The minimum Gasteiger partial charge on any atom is -0.364 e. The standard InChI is InChI=1S/C20H23FN4O2/c1-11-6-8-13(9-7-11)17(24-20(26)14-10-27-25-12(14)2)19-22-16-5-3-4-15(21)18(16)23-19/h3-5,10-11,13,17H,6-9H2,1-2H3,(H,22,23)(H,24,26). The lowest BCUT2D eigenvalue weighted by Crippen LogP contribution is -2.36. The SMILES string of the molecule is Cc1nocc1C(=O)NC(c1nc2c(F)cccc2[nH]1)C1CCC(C)CC1. The largest absolute Gasteiger partial charge is 0.364 e. The second kappa shape index (κ2) is 7.13. The van der Waals surface area contributed by atoms with Crippen molar-refractivity contribution >= 4 is 16.9 Å². The third kappa shape index (κ3) is 3.46. The lowest BCUT2D eigenvalue weighted by molar-refractivity contribution is 0.0903. The van der Waals surface area contributed by atoms with Crippen molar-refractivity contribution in [2.45, 2.75) is 45.6 Å². The molecule has 0 radical (unpaired) electrons. The lowest BCUT2D eigenvalue weighted by atomic mass is 9.79. The summed E-state index contributed by atoms with van der Waals surface area (Å²) < 4.78 is 19.0. The van der Waals surface area contributed by atoms with Crippen LogP contribution in [-0.4, -0.2) is 21.0 Å². The van der Waals surface area contributed by atoms with E-state index in [1.165, 1.54) is 12.3 Å². The van der Waals surface area contributed by atoms with Crippen LogP contribution < -0.4 is 5.32 Å². The molecule has 142 valence electrons. The highest BCUT2D eigenvalue weighted by Gasteiger charge is 2.31. The molecule has 2 aromatic heterocycles. The van der Waals surface area contributed by atoms with Crippen LogP contribution in [-0.2, 0) is 0 Å². The number of para-hydroxylation sites is 1. The van der Waals surface area contributed by atoms with Gasteiger partial charge in [0, 0.05) is 0 Å². The second-order valence-electron chi connectivity index (χ2n) is 7.54. The molecule has 1 aliphatic rings. The second-order valence-corrected chi connectivity index (χ2v) is 7.54. The van der Waals surface area contributed by atoms with E-state index < -0.39 is 0 Å².